The van der Waals surface area contributed by atoms with E-state index < -0.39 is 0 Å². The van der Waals surface area contributed by atoms with E-state index in [-0.39, 0.29) is 12.1 Å². The highest BCUT2D eigenvalue weighted by Gasteiger charge is 2.18. The van der Waals surface area contributed by atoms with Gasteiger partial charge in [0, 0.05) is 30.5 Å². The molecule has 2 aliphatic rings. The van der Waals surface area contributed by atoms with Crippen LogP contribution in [0.3, 0.4) is 0 Å². The SMILES string of the molecule is O=C(Nc1ccccc1Nc1nc(Nc2ccc(N3CCOCC3)cc2)ncc1Cl)NC1CCCC1. The molecule has 1 aliphatic carbocycles. The first-order valence-corrected chi connectivity index (χ1v) is 12.7. The molecule has 0 bridgehead atoms. The lowest BCUT2D eigenvalue weighted by molar-refractivity contribution is 0.122. The quantitative estimate of drug-likeness (QED) is 0.334. The highest BCUT2D eigenvalue weighted by Crippen LogP contribution is 2.30. The second-order valence-electron chi connectivity index (χ2n) is 8.91. The fourth-order valence-electron chi connectivity index (χ4n) is 4.46. The number of nitrogens with one attached hydrogen (secondary N) is 4. The number of urea groups is 1. The largest absolute Gasteiger partial charge is 0.378 e. The summed E-state index contributed by atoms with van der Waals surface area (Å²) in [6, 6.07) is 15.6. The maximum Gasteiger partial charge on any atom is 0.319 e. The van der Waals surface area contributed by atoms with Crippen LogP contribution in [0.1, 0.15) is 25.7 Å². The van der Waals surface area contributed by atoms with Gasteiger partial charge < -0.3 is 30.9 Å². The highest BCUT2D eigenvalue weighted by molar-refractivity contribution is 6.33. The summed E-state index contributed by atoms with van der Waals surface area (Å²) >= 11 is 6.40. The Morgan fingerprint density at radius 3 is 2.44 bits per heavy atom. The molecule has 0 radical (unpaired) electrons. The summed E-state index contributed by atoms with van der Waals surface area (Å²) in [7, 11) is 0. The van der Waals surface area contributed by atoms with E-state index in [0.717, 1.165) is 63.4 Å². The van der Waals surface area contributed by atoms with Gasteiger partial charge in [0.25, 0.3) is 0 Å². The maximum atomic E-state index is 12.5. The molecular formula is C26H30ClN7O2. The van der Waals surface area contributed by atoms with Crippen molar-refractivity contribution >= 4 is 52.1 Å². The van der Waals surface area contributed by atoms with Gasteiger partial charge in [0.2, 0.25) is 5.95 Å². The van der Waals surface area contributed by atoms with Crippen LogP contribution in [0.5, 0.6) is 0 Å². The molecule has 1 aromatic heterocycles. The molecule has 10 heteroatoms. The number of carbonyl (C=O) groups excluding carboxylic acids is 1. The van der Waals surface area contributed by atoms with E-state index in [0.29, 0.717) is 28.2 Å². The fraction of sp³-hybridized carbons (Fsp3) is 0.346. The molecular weight excluding hydrogens is 478 g/mol. The van der Waals surface area contributed by atoms with Crippen molar-refractivity contribution in [2.45, 2.75) is 31.7 Å². The summed E-state index contributed by atoms with van der Waals surface area (Å²) in [6.45, 7) is 3.28. The summed E-state index contributed by atoms with van der Waals surface area (Å²) in [5.41, 5.74) is 3.34. The summed E-state index contributed by atoms with van der Waals surface area (Å²) in [6.07, 6.45) is 5.91. The van der Waals surface area contributed by atoms with Gasteiger partial charge in [-0.1, -0.05) is 36.6 Å². The van der Waals surface area contributed by atoms with Gasteiger partial charge in [0.05, 0.1) is 30.8 Å². The number of amides is 2. The number of hydrogen-bond donors (Lipinski definition) is 4. The smallest absolute Gasteiger partial charge is 0.319 e. The van der Waals surface area contributed by atoms with Gasteiger partial charge in [-0.05, 0) is 49.2 Å². The molecule has 9 nitrogen and oxygen atoms in total. The Morgan fingerprint density at radius 1 is 0.972 bits per heavy atom. The molecule has 5 rings (SSSR count). The van der Waals surface area contributed by atoms with Crippen molar-refractivity contribution in [1.82, 2.24) is 15.3 Å². The molecule has 36 heavy (non-hydrogen) atoms. The Balaban J connectivity index is 1.25. The van der Waals surface area contributed by atoms with Gasteiger partial charge in [-0.15, -0.1) is 0 Å². The Kier molecular flexibility index (Phi) is 7.68. The first-order valence-electron chi connectivity index (χ1n) is 12.3. The Morgan fingerprint density at radius 2 is 1.69 bits per heavy atom. The summed E-state index contributed by atoms with van der Waals surface area (Å²) < 4.78 is 5.43. The normalized spacial score (nSPS) is 16.0. The van der Waals surface area contributed by atoms with Crippen LogP contribution in [-0.2, 0) is 4.74 Å². The number of morpholine rings is 1. The van der Waals surface area contributed by atoms with Gasteiger partial charge in [0.1, 0.15) is 5.02 Å². The van der Waals surface area contributed by atoms with Crippen LogP contribution in [0, 0.1) is 0 Å². The number of hydrogen-bond acceptors (Lipinski definition) is 7. The van der Waals surface area contributed by atoms with E-state index in [2.05, 4.69) is 48.3 Å². The molecule has 2 amide bonds. The van der Waals surface area contributed by atoms with E-state index in [1.165, 1.54) is 0 Å². The number of nitrogens with zero attached hydrogens (tertiary/aromatic N) is 3. The second kappa shape index (κ2) is 11.5. The van der Waals surface area contributed by atoms with Crippen LogP contribution in [-0.4, -0.2) is 48.3 Å². The number of halogens is 1. The topological polar surface area (TPSA) is 103 Å². The number of para-hydroxylation sites is 2. The average Bonchev–Trinajstić information content (AvgIpc) is 3.41. The van der Waals surface area contributed by atoms with Crippen molar-refractivity contribution in [3.8, 4) is 0 Å². The van der Waals surface area contributed by atoms with Crippen molar-refractivity contribution in [2.24, 2.45) is 0 Å². The molecule has 188 valence electrons. The third kappa shape index (κ3) is 6.16. The minimum Gasteiger partial charge on any atom is -0.378 e. The van der Waals surface area contributed by atoms with E-state index in [4.69, 9.17) is 16.3 Å². The number of rotatable bonds is 7. The molecule has 3 aromatic rings. The van der Waals surface area contributed by atoms with Crippen LogP contribution in [0.25, 0.3) is 0 Å². The highest BCUT2D eigenvalue weighted by atomic mass is 35.5. The molecule has 2 heterocycles. The molecule has 0 atom stereocenters. The number of anilines is 6. The summed E-state index contributed by atoms with van der Waals surface area (Å²) in [4.78, 5) is 23.7. The lowest BCUT2D eigenvalue weighted by Crippen LogP contribution is -2.36. The maximum absolute atomic E-state index is 12.5. The lowest BCUT2D eigenvalue weighted by atomic mass is 10.2. The average molecular weight is 508 g/mol. The Bertz CT molecular complexity index is 1180. The predicted molar refractivity (Wildman–Crippen MR) is 144 cm³/mol. The van der Waals surface area contributed by atoms with Crippen molar-refractivity contribution in [2.75, 3.05) is 47.2 Å². The lowest BCUT2D eigenvalue weighted by Gasteiger charge is -2.28. The standard InChI is InChI=1S/C26H30ClN7O2/c27-21-17-28-25(29-19-9-11-20(12-10-19)34-13-15-36-16-14-34)33-24(21)31-22-7-3-4-8-23(22)32-26(35)30-18-5-1-2-6-18/h3-4,7-12,17-18H,1-2,5-6,13-16H2,(H2,30,32,35)(H2,28,29,31,33). The molecule has 0 spiro atoms. The van der Waals surface area contributed by atoms with E-state index in [1.54, 1.807) is 6.20 Å². The van der Waals surface area contributed by atoms with Crippen molar-refractivity contribution in [1.29, 1.82) is 0 Å². The van der Waals surface area contributed by atoms with Gasteiger partial charge in [-0.3, -0.25) is 0 Å². The molecule has 2 aromatic carbocycles. The number of ether oxygens (including phenoxy) is 1. The van der Waals surface area contributed by atoms with Crippen LogP contribution >= 0.6 is 11.6 Å². The summed E-state index contributed by atoms with van der Waals surface area (Å²) in [5, 5.41) is 12.8. The van der Waals surface area contributed by atoms with Gasteiger partial charge in [-0.25, -0.2) is 9.78 Å². The first-order chi connectivity index (χ1) is 17.6. The molecule has 1 saturated heterocycles. The van der Waals surface area contributed by atoms with E-state index in [1.807, 2.05) is 36.4 Å². The third-order valence-electron chi connectivity index (χ3n) is 6.36. The van der Waals surface area contributed by atoms with Gasteiger partial charge in [0.15, 0.2) is 5.82 Å². The summed E-state index contributed by atoms with van der Waals surface area (Å²) in [5.74, 6) is 0.843. The van der Waals surface area contributed by atoms with Crippen LogP contribution in [0.4, 0.5) is 39.3 Å². The molecule has 1 aliphatic heterocycles. The second-order valence-corrected chi connectivity index (χ2v) is 9.32. The van der Waals surface area contributed by atoms with Gasteiger partial charge >= 0.3 is 6.03 Å². The molecule has 2 fully saturated rings. The van der Waals surface area contributed by atoms with Crippen molar-refractivity contribution < 1.29 is 9.53 Å². The van der Waals surface area contributed by atoms with Gasteiger partial charge in [-0.2, -0.15) is 4.98 Å². The van der Waals surface area contributed by atoms with Crippen LogP contribution in [0.2, 0.25) is 5.02 Å². The first kappa shape index (κ1) is 24.1. The predicted octanol–water partition coefficient (Wildman–Crippen LogP) is 5.52. The number of benzene rings is 2. The number of carbonyl (C=O) groups is 1. The zero-order valence-electron chi connectivity index (χ0n) is 20.0. The minimum absolute atomic E-state index is 0.215. The van der Waals surface area contributed by atoms with Crippen molar-refractivity contribution in [3.05, 3.63) is 59.8 Å². The zero-order valence-corrected chi connectivity index (χ0v) is 20.7. The van der Waals surface area contributed by atoms with Crippen molar-refractivity contribution in [3.63, 3.8) is 0 Å². The van der Waals surface area contributed by atoms with E-state index >= 15 is 0 Å². The Hall–Kier alpha value is -3.56. The Labute approximate surface area is 215 Å². The van der Waals surface area contributed by atoms with E-state index in [9.17, 15) is 4.79 Å². The molecule has 1 saturated carbocycles. The van der Waals surface area contributed by atoms with Crippen LogP contribution in [0.15, 0.2) is 54.7 Å². The zero-order chi connectivity index (χ0) is 24.7. The fourth-order valence-corrected chi connectivity index (χ4v) is 4.60. The number of aromatic nitrogens is 2. The molecule has 0 unspecified atom stereocenters. The minimum atomic E-state index is -0.215. The van der Waals surface area contributed by atoms with Crippen LogP contribution < -0.4 is 26.2 Å². The monoisotopic (exact) mass is 507 g/mol. The third-order valence-corrected chi connectivity index (χ3v) is 6.64. The molecule has 4 N–H and O–H groups in total.